The van der Waals surface area contributed by atoms with Crippen LogP contribution in [0, 0.1) is 5.82 Å². The molecule has 1 aliphatic heterocycles. The van der Waals surface area contributed by atoms with Gasteiger partial charge in [0.2, 0.25) is 5.91 Å². The Balaban J connectivity index is 2.59. The van der Waals surface area contributed by atoms with Crippen LogP contribution in [0.15, 0.2) is 17.0 Å². The van der Waals surface area contributed by atoms with E-state index in [1.165, 1.54) is 0 Å². The largest absolute Gasteiger partial charge is 0.332 e. The van der Waals surface area contributed by atoms with Crippen LogP contribution >= 0.6 is 0 Å². The van der Waals surface area contributed by atoms with Crippen molar-refractivity contribution in [3.63, 3.8) is 0 Å². The first-order valence-electron chi connectivity index (χ1n) is 4.45. The lowest BCUT2D eigenvalue weighted by Gasteiger charge is -2.17. The summed E-state index contributed by atoms with van der Waals surface area (Å²) in [5.74, 6) is -1.29. The number of benzene rings is 1. The number of hydrogen-bond acceptors (Lipinski definition) is 3. The molecule has 0 saturated carbocycles. The average molecular weight is 247 g/mol. The molecule has 0 atom stereocenters. The summed E-state index contributed by atoms with van der Waals surface area (Å²) in [5.41, 5.74) is 0.222. The van der Waals surface area contributed by atoms with Gasteiger partial charge >= 0.3 is 10.2 Å². The lowest BCUT2D eigenvalue weighted by atomic mass is 10.0. The van der Waals surface area contributed by atoms with Gasteiger partial charge in [0.15, 0.2) is 0 Å². The maximum absolute atomic E-state index is 13.4. The second kappa shape index (κ2) is 3.51. The van der Waals surface area contributed by atoms with Crippen molar-refractivity contribution in [2.24, 2.45) is 0 Å². The van der Waals surface area contributed by atoms with Gasteiger partial charge in [0.05, 0.1) is 5.69 Å². The molecule has 7 heteroatoms. The Kier molecular flexibility index (Phi) is 2.42. The molecule has 0 unspecified atom stereocenters. The summed E-state index contributed by atoms with van der Waals surface area (Å²) in [4.78, 5) is 10.3. The predicted molar refractivity (Wildman–Crippen MR) is 51.6 cm³/mol. The number of aryl methyl sites for hydroxylation is 1. The summed E-state index contributed by atoms with van der Waals surface area (Å²) < 4.78 is 47.3. The summed E-state index contributed by atoms with van der Waals surface area (Å²) in [6.07, 6.45) is 0.323. The number of nitrogens with one attached hydrogen (secondary N) is 1. The zero-order chi connectivity index (χ0) is 11.9. The van der Waals surface area contributed by atoms with Crippen LogP contribution in [-0.2, 0) is 21.4 Å². The smallest absolute Gasteiger partial charge is 0.323 e. The van der Waals surface area contributed by atoms with Crippen LogP contribution in [-0.4, -0.2) is 14.3 Å². The first-order chi connectivity index (χ1) is 7.38. The minimum atomic E-state index is -4.93. The van der Waals surface area contributed by atoms with Gasteiger partial charge in [-0.3, -0.25) is 4.79 Å². The minimum absolute atomic E-state index is 0.0661. The Labute approximate surface area is 90.5 Å². The molecule has 1 amide bonds. The molecule has 86 valence electrons. The highest BCUT2D eigenvalue weighted by Crippen LogP contribution is 2.29. The normalized spacial score (nSPS) is 15.5. The van der Waals surface area contributed by atoms with Crippen molar-refractivity contribution in [1.82, 2.24) is 0 Å². The van der Waals surface area contributed by atoms with Gasteiger partial charge in [0.25, 0.3) is 0 Å². The summed E-state index contributed by atoms with van der Waals surface area (Å²) in [7, 11) is -4.93. The van der Waals surface area contributed by atoms with Crippen LogP contribution in [0.5, 0.6) is 0 Å². The Morgan fingerprint density at radius 2 is 1.94 bits per heavy atom. The summed E-state index contributed by atoms with van der Waals surface area (Å²) in [6.45, 7) is 0. The molecule has 1 aliphatic rings. The zero-order valence-electron chi connectivity index (χ0n) is 7.96. The summed E-state index contributed by atoms with van der Waals surface area (Å²) >= 11 is 0. The van der Waals surface area contributed by atoms with E-state index in [4.69, 9.17) is 0 Å². The number of halogens is 2. The molecule has 0 radical (unpaired) electrons. The van der Waals surface area contributed by atoms with Crippen LogP contribution in [0.1, 0.15) is 12.0 Å². The molecule has 0 spiro atoms. The molecule has 0 fully saturated rings. The number of anilines is 1. The zero-order valence-corrected chi connectivity index (χ0v) is 8.77. The van der Waals surface area contributed by atoms with E-state index in [1.807, 2.05) is 0 Å². The Morgan fingerprint density at radius 1 is 1.25 bits per heavy atom. The first-order valence-corrected chi connectivity index (χ1v) is 5.83. The Hall–Kier alpha value is -1.50. The lowest BCUT2D eigenvalue weighted by Crippen LogP contribution is -2.20. The monoisotopic (exact) mass is 247 g/mol. The van der Waals surface area contributed by atoms with Gasteiger partial charge in [0.1, 0.15) is 10.7 Å². The summed E-state index contributed by atoms with van der Waals surface area (Å²) in [6, 6.07) is 1.59. The number of carbonyl (C=O) groups excluding carboxylic acids is 1. The maximum atomic E-state index is 13.4. The number of carbonyl (C=O) groups is 1. The standard InChI is InChI=1S/C9H7F2NO3S/c10-7-4-6(16(11,14)15)3-5-1-2-8(13)12-9(5)7/h3-4H,1-2H2,(H,12,13). The molecule has 1 aromatic rings. The third kappa shape index (κ3) is 1.90. The van der Waals surface area contributed by atoms with Crippen molar-refractivity contribution in [2.75, 3.05) is 5.32 Å². The van der Waals surface area contributed by atoms with Crippen molar-refractivity contribution >= 4 is 21.8 Å². The minimum Gasteiger partial charge on any atom is -0.323 e. The molecule has 1 N–H and O–H groups in total. The van der Waals surface area contributed by atoms with E-state index in [0.717, 1.165) is 6.07 Å². The third-order valence-corrected chi connectivity index (χ3v) is 3.11. The molecule has 0 aliphatic carbocycles. The van der Waals surface area contributed by atoms with E-state index >= 15 is 0 Å². The molecule has 0 bridgehead atoms. The highest BCUT2D eigenvalue weighted by molar-refractivity contribution is 7.86. The third-order valence-electron chi connectivity index (χ3n) is 2.31. The van der Waals surface area contributed by atoms with Crippen LogP contribution in [0.2, 0.25) is 0 Å². The van der Waals surface area contributed by atoms with Crippen LogP contribution in [0.25, 0.3) is 0 Å². The SMILES string of the molecule is O=C1CCc2cc(S(=O)(=O)F)cc(F)c2N1. The highest BCUT2D eigenvalue weighted by Gasteiger charge is 2.23. The van der Waals surface area contributed by atoms with E-state index < -0.39 is 20.9 Å². The topological polar surface area (TPSA) is 63.2 Å². The number of amides is 1. The highest BCUT2D eigenvalue weighted by atomic mass is 32.3. The van der Waals surface area contributed by atoms with E-state index in [1.54, 1.807) is 0 Å². The second-order valence-corrected chi connectivity index (χ2v) is 4.77. The first kappa shape index (κ1) is 11.0. The molecular weight excluding hydrogens is 240 g/mol. The van der Waals surface area contributed by atoms with E-state index in [2.05, 4.69) is 5.32 Å². The maximum Gasteiger partial charge on any atom is 0.332 e. The van der Waals surface area contributed by atoms with E-state index in [9.17, 15) is 21.5 Å². The summed E-state index contributed by atoms with van der Waals surface area (Å²) in [5, 5.41) is 2.28. The van der Waals surface area contributed by atoms with Gasteiger partial charge in [-0.15, -0.1) is 3.89 Å². The van der Waals surface area contributed by atoms with E-state index in [-0.39, 0.29) is 30.0 Å². The molecule has 4 nitrogen and oxygen atoms in total. The van der Waals surface area contributed by atoms with E-state index in [0.29, 0.717) is 6.07 Å². The van der Waals surface area contributed by atoms with Crippen molar-refractivity contribution in [3.8, 4) is 0 Å². The fourth-order valence-electron chi connectivity index (χ4n) is 1.56. The van der Waals surface area contributed by atoms with Gasteiger partial charge < -0.3 is 5.32 Å². The second-order valence-electron chi connectivity index (χ2n) is 3.43. The molecular formula is C9H7F2NO3S. The van der Waals surface area contributed by atoms with Gasteiger partial charge in [-0.2, -0.15) is 8.42 Å². The van der Waals surface area contributed by atoms with Gasteiger partial charge in [-0.05, 0) is 24.1 Å². The molecule has 0 saturated heterocycles. The lowest BCUT2D eigenvalue weighted by molar-refractivity contribution is -0.116. The van der Waals surface area contributed by atoms with Gasteiger partial charge in [-0.25, -0.2) is 4.39 Å². The fraction of sp³-hybridized carbons (Fsp3) is 0.222. The average Bonchev–Trinajstić information content (AvgIpc) is 2.17. The van der Waals surface area contributed by atoms with Crippen LogP contribution in [0.3, 0.4) is 0 Å². The van der Waals surface area contributed by atoms with Crippen molar-refractivity contribution in [2.45, 2.75) is 17.7 Å². The molecule has 1 heterocycles. The van der Waals surface area contributed by atoms with Crippen molar-refractivity contribution < 1.29 is 21.5 Å². The molecule has 2 rings (SSSR count). The van der Waals surface area contributed by atoms with Crippen molar-refractivity contribution in [1.29, 1.82) is 0 Å². The Bertz CT molecular complexity index is 568. The number of hydrogen-bond donors (Lipinski definition) is 1. The predicted octanol–water partition coefficient (Wildman–Crippen LogP) is 1.37. The van der Waals surface area contributed by atoms with Gasteiger partial charge in [-0.1, -0.05) is 0 Å². The van der Waals surface area contributed by atoms with Crippen molar-refractivity contribution in [3.05, 3.63) is 23.5 Å². The molecule has 1 aromatic carbocycles. The quantitative estimate of drug-likeness (QED) is 0.762. The molecule has 0 aromatic heterocycles. The number of rotatable bonds is 1. The van der Waals surface area contributed by atoms with Crippen LogP contribution in [0.4, 0.5) is 14.0 Å². The number of fused-ring (bicyclic) bond motifs is 1. The van der Waals surface area contributed by atoms with Crippen LogP contribution < -0.4 is 5.32 Å². The van der Waals surface area contributed by atoms with Gasteiger partial charge in [0, 0.05) is 6.42 Å². The fourth-order valence-corrected chi connectivity index (χ4v) is 2.09. The Morgan fingerprint density at radius 3 is 2.56 bits per heavy atom. The molecule has 16 heavy (non-hydrogen) atoms.